The fraction of sp³-hybridized carbons (Fsp3) is 0.778. The van der Waals surface area contributed by atoms with E-state index in [1.807, 2.05) is 0 Å². The number of nitrogens with two attached hydrogens (primary N) is 2. The van der Waals surface area contributed by atoms with Crippen molar-refractivity contribution in [2.24, 2.45) is 17.4 Å². The molecule has 3 aliphatic rings. The minimum Gasteiger partial charge on any atom is -0.384 e. The lowest BCUT2D eigenvalue weighted by molar-refractivity contribution is -0.145. The van der Waals surface area contributed by atoms with Crippen LogP contribution in [0.4, 0.5) is 0 Å². The Bertz CT molecular complexity index is 1080. The summed E-state index contributed by atoms with van der Waals surface area (Å²) in [7, 11) is 0. The predicted molar refractivity (Wildman–Crippen MR) is 149 cm³/mol. The number of nitrogens with one attached hydrogen (secondary N) is 1. The van der Waals surface area contributed by atoms with Crippen molar-refractivity contribution in [1.29, 1.82) is 0 Å². The van der Waals surface area contributed by atoms with Gasteiger partial charge in [0, 0.05) is 13.0 Å². The molecule has 1 aromatic rings. The minimum atomic E-state index is -1.37. The smallest absolute Gasteiger partial charge is 0.287 e. The summed E-state index contributed by atoms with van der Waals surface area (Å²) in [6.45, 7) is 3.39. The topological polar surface area (TPSA) is 187 Å². The lowest BCUT2D eigenvalue weighted by atomic mass is 9.78. The summed E-state index contributed by atoms with van der Waals surface area (Å²) in [6, 6.07) is -2.13. The van der Waals surface area contributed by atoms with Crippen LogP contribution in [0.5, 0.6) is 0 Å². The molecule has 3 amide bonds. The summed E-state index contributed by atoms with van der Waals surface area (Å²) in [6.07, 6.45) is 10.6. The number of rotatable bonds is 9. The van der Waals surface area contributed by atoms with Crippen LogP contribution < -0.4 is 16.8 Å². The van der Waals surface area contributed by atoms with Gasteiger partial charge in [0.1, 0.15) is 17.2 Å². The Morgan fingerprint density at radius 1 is 1.12 bits per heavy atom. The second-order valence-electron chi connectivity index (χ2n) is 12.2. The molecule has 0 bridgehead atoms. The molecule has 2 heterocycles. The number of ketones is 1. The number of carbonyl (C=O) groups is 4. The summed E-state index contributed by atoms with van der Waals surface area (Å²) < 4.78 is 1.56. The van der Waals surface area contributed by atoms with Gasteiger partial charge in [0.15, 0.2) is 0 Å². The van der Waals surface area contributed by atoms with Gasteiger partial charge in [-0.2, -0.15) is 0 Å². The van der Waals surface area contributed by atoms with Gasteiger partial charge in [0.25, 0.3) is 5.91 Å². The van der Waals surface area contributed by atoms with Gasteiger partial charge in [-0.3, -0.25) is 19.2 Å². The first kappa shape index (κ1) is 32.0. The van der Waals surface area contributed by atoms with Crippen LogP contribution in [0.3, 0.4) is 0 Å². The molecule has 40 heavy (non-hydrogen) atoms. The molecule has 1 saturated heterocycles. The van der Waals surface area contributed by atoms with E-state index in [1.54, 1.807) is 18.5 Å². The molecule has 2 aliphatic carbocycles. The number of amides is 3. The van der Waals surface area contributed by atoms with Gasteiger partial charge >= 0.3 is 0 Å². The van der Waals surface area contributed by atoms with Gasteiger partial charge in [-0.1, -0.05) is 56.6 Å². The first-order chi connectivity index (χ1) is 18.4. The lowest BCUT2D eigenvalue weighted by Crippen LogP contribution is -2.62. The Hall–Kier alpha value is -2.57. The van der Waals surface area contributed by atoms with E-state index in [1.165, 1.54) is 17.5 Å². The van der Waals surface area contributed by atoms with Crippen molar-refractivity contribution in [3.8, 4) is 0 Å². The summed E-state index contributed by atoms with van der Waals surface area (Å²) in [5.74, 6) is -2.36. The van der Waals surface area contributed by atoms with Crippen molar-refractivity contribution >= 4 is 35.9 Å². The SMILES string of the molecule is CC(C)(O)c1cnnn1C1CC(C(=O)NC2(C(=O)C(N)=O)CCCCC2)N(C(=O)[C@H](N)CC2CCCCC2)C1.Cl. The molecular formula is C27H44ClN7O5. The molecule has 3 atom stereocenters. The van der Waals surface area contributed by atoms with Gasteiger partial charge < -0.3 is 26.8 Å². The Morgan fingerprint density at radius 3 is 2.35 bits per heavy atom. The average molecular weight is 582 g/mol. The van der Waals surface area contributed by atoms with Gasteiger partial charge in [-0.25, -0.2) is 4.68 Å². The van der Waals surface area contributed by atoms with Crippen LogP contribution in [0.2, 0.25) is 0 Å². The molecule has 1 aromatic heterocycles. The summed E-state index contributed by atoms with van der Waals surface area (Å²) in [5, 5.41) is 21.6. The summed E-state index contributed by atoms with van der Waals surface area (Å²) >= 11 is 0. The number of nitrogens with zero attached hydrogens (tertiary/aromatic N) is 4. The molecule has 4 rings (SSSR count). The molecule has 0 spiro atoms. The normalized spacial score (nSPS) is 24.1. The monoisotopic (exact) mass is 581 g/mol. The molecule has 2 unspecified atom stereocenters. The van der Waals surface area contributed by atoms with E-state index in [9.17, 15) is 24.3 Å². The molecule has 0 aromatic carbocycles. The van der Waals surface area contributed by atoms with Crippen molar-refractivity contribution in [3.63, 3.8) is 0 Å². The number of Topliss-reactive ketones (excluding diaryl/α,β-unsaturated/α-hetero) is 1. The molecular weight excluding hydrogens is 538 g/mol. The average Bonchev–Trinajstić information content (AvgIpc) is 3.56. The molecule has 13 heteroatoms. The Kier molecular flexibility index (Phi) is 10.3. The van der Waals surface area contributed by atoms with Crippen molar-refractivity contribution in [2.75, 3.05) is 6.54 Å². The number of primary amides is 1. The van der Waals surface area contributed by atoms with Crippen molar-refractivity contribution < 1.29 is 24.3 Å². The number of hydrogen-bond donors (Lipinski definition) is 4. The van der Waals surface area contributed by atoms with Crippen LogP contribution in [-0.2, 0) is 24.8 Å². The third-order valence-corrected chi connectivity index (χ3v) is 8.77. The fourth-order valence-electron chi connectivity index (χ4n) is 6.65. The second kappa shape index (κ2) is 12.9. The van der Waals surface area contributed by atoms with E-state index in [0.29, 0.717) is 43.7 Å². The quantitative estimate of drug-likeness (QED) is 0.313. The maximum Gasteiger partial charge on any atom is 0.287 e. The predicted octanol–water partition coefficient (Wildman–Crippen LogP) is 1.24. The third kappa shape index (κ3) is 6.83. The van der Waals surface area contributed by atoms with Gasteiger partial charge in [0.05, 0.1) is 24.0 Å². The number of aliphatic hydroxyl groups is 1. The Morgan fingerprint density at radius 2 is 1.75 bits per heavy atom. The molecule has 6 N–H and O–H groups in total. The number of aromatic nitrogens is 3. The molecule has 2 saturated carbocycles. The van der Waals surface area contributed by atoms with Crippen LogP contribution >= 0.6 is 12.4 Å². The van der Waals surface area contributed by atoms with Crippen molar-refractivity contribution in [3.05, 3.63) is 11.9 Å². The van der Waals surface area contributed by atoms with E-state index in [0.717, 1.165) is 32.1 Å². The molecule has 1 aliphatic heterocycles. The van der Waals surface area contributed by atoms with E-state index >= 15 is 0 Å². The zero-order chi connectivity index (χ0) is 28.4. The van der Waals surface area contributed by atoms with Crippen LogP contribution in [0, 0.1) is 5.92 Å². The molecule has 12 nitrogen and oxygen atoms in total. The minimum absolute atomic E-state index is 0. The van der Waals surface area contributed by atoms with E-state index in [4.69, 9.17) is 11.5 Å². The van der Waals surface area contributed by atoms with Crippen LogP contribution in [-0.4, -0.2) is 72.7 Å². The van der Waals surface area contributed by atoms with Gasteiger partial charge in [-0.05, 0) is 39.0 Å². The Balaban J connectivity index is 0.00000441. The molecule has 0 radical (unpaired) electrons. The van der Waals surface area contributed by atoms with E-state index in [-0.39, 0.29) is 31.3 Å². The number of halogens is 1. The summed E-state index contributed by atoms with van der Waals surface area (Å²) in [5.41, 5.74) is 9.65. The summed E-state index contributed by atoms with van der Waals surface area (Å²) in [4.78, 5) is 53.8. The highest BCUT2D eigenvalue weighted by atomic mass is 35.5. The molecule has 224 valence electrons. The molecule has 3 fully saturated rings. The van der Waals surface area contributed by atoms with E-state index < -0.39 is 46.9 Å². The number of carbonyl (C=O) groups excluding carboxylic acids is 4. The van der Waals surface area contributed by atoms with Gasteiger partial charge in [0.2, 0.25) is 17.6 Å². The first-order valence-corrected chi connectivity index (χ1v) is 14.3. The standard InChI is InChI=1S/C27H43N7O5.ClH/c1-26(2,39)21-15-30-32-34(21)18-14-20(24(37)31-27(22(35)23(29)36)11-7-4-8-12-27)33(16-18)25(38)19(28)13-17-9-5-3-6-10-17;/h15,17-20,39H,3-14,16,28H2,1-2H3,(H2,29,36)(H,31,37);1H/t18?,19-,20?;/m1./s1. The maximum atomic E-state index is 13.8. The third-order valence-electron chi connectivity index (χ3n) is 8.77. The van der Waals surface area contributed by atoms with Crippen molar-refractivity contribution in [1.82, 2.24) is 25.2 Å². The fourth-order valence-corrected chi connectivity index (χ4v) is 6.65. The van der Waals surface area contributed by atoms with Crippen molar-refractivity contribution in [2.45, 2.75) is 120 Å². The van der Waals surface area contributed by atoms with E-state index in [2.05, 4.69) is 15.6 Å². The first-order valence-electron chi connectivity index (χ1n) is 14.3. The van der Waals surface area contributed by atoms with Crippen LogP contribution in [0.15, 0.2) is 6.20 Å². The highest BCUT2D eigenvalue weighted by molar-refractivity contribution is 6.39. The lowest BCUT2D eigenvalue weighted by Gasteiger charge is -2.37. The number of hydrogen-bond acceptors (Lipinski definition) is 8. The zero-order valence-corrected chi connectivity index (χ0v) is 24.3. The Labute approximate surface area is 241 Å². The second-order valence-corrected chi connectivity index (χ2v) is 12.2. The largest absolute Gasteiger partial charge is 0.384 e. The zero-order valence-electron chi connectivity index (χ0n) is 23.5. The maximum absolute atomic E-state index is 13.8. The number of likely N-dealkylation sites (tertiary alicyclic amines) is 1. The van der Waals surface area contributed by atoms with Crippen LogP contribution in [0.1, 0.15) is 103 Å². The highest BCUT2D eigenvalue weighted by Crippen LogP contribution is 2.35. The van der Waals surface area contributed by atoms with Gasteiger partial charge in [-0.15, -0.1) is 17.5 Å². The van der Waals surface area contributed by atoms with Crippen LogP contribution in [0.25, 0.3) is 0 Å². The highest BCUT2D eigenvalue weighted by Gasteiger charge is 2.48.